The number of nitrogen functional groups attached to an aromatic ring is 1. The number of carbonyl (C=O) groups excluding carboxylic acids is 2. The summed E-state index contributed by atoms with van der Waals surface area (Å²) in [5.74, 6) is -1.55. The van der Waals surface area contributed by atoms with Crippen LogP contribution in [-0.2, 0) is 21.3 Å². The van der Waals surface area contributed by atoms with Crippen molar-refractivity contribution in [3.8, 4) is 16.9 Å². The van der Waals surface area contributed by atoms with Crippen LogP contribution in [0.4, 0.5) is 5.82 Å². The lowest BCUT2D eigenvalue weighted by atomic mass is 10.0. The molecule has 3 heterocycles. The third kappa shape index (κ3) is 5.67. The predicted molar refractivity (Wildman–Crippen MR) is 160 cm³/mol. The number of fused-ring (bicyclic) bond motifs is 1. The Labute approximate surface area is 250 Å². The molecule has 0 saturated carbocycles. The number of anilines is 1. The minimum Gasteiger partial charge on any atom is -0.496 e. The number of esters is 1. The van der Waals surface area contributed by atoms with Gasteiger partial charge in [-0.15, -0.1) is 0 Å². The number of nitrogens with two attached hydrogens (primary N) is 1. The number of H-pyrrole nitrogens is 1. The Balaban J connectivity index is 1.72. The Bertz CT molecular complexity index is 2070. The molecule has 0 saturated heterocycles. The molecule has 2 aromatic carbocycles. The van der Waals surface area contributed by atoms with Gasteiger partial charge in [0, 0.05) is 46.0 Å². The van der Waals surface area contributed by atoms with E-state index < -0.39 is 32.4 Å². The number of halogens is 1. The van der Waals surface area contributed by atoms with E-state index in [9.17, 15) is 22.8 Å². The second kappa shape index (κ2) is 11.6. The SMILES string of the molecule is COC(=O)c1cc(S(=O)(=O)NC(=O)c2c(-c3ccc[nH]c3=O)c3cc(Cl)ccc3n2Cc2ccnc(N)c2)ccc1OC. The van der Waals surface area contributed by atoms with Gasteiger partial charge >= 0.3 is 5.97 Å². The summed E-state index contributed by atoms with van der Waals surface area (Å²) in [6.45, 7) is 0.0629. The van der Waals surface area contributed by atoms with Crippen molar-refractivity contribution in [2.45, 2.75) is 11.4 Å². The monoisotopic (exact) mass is 621 g/mol. The van der Waals surface area contributed by atoms with Gasteiger partial charge in [0.2, 0.25) is 0 Å². The fourth-order valence-electron chi connectivity index (χ4n) is 4.75. The normalized spacial score (nSPS) is 11.3. The van der Waals surface area contributed by atoms with Crippen LogP contribution in [0, 0.1) is 0 Å². The molecule has 0 aliphatic carbocycles. The number of sulfonamides is 1. The average Bonchev–Trinajstić information content (AvgIpc) is 3.29. The summed E-state index contributed by atoms with van der Waals surface area (Å²) in [4.78, 5) is 45.5. The molecule has 4 N–H and O–H groups in total. The van der Waals surface area contributed by atoms with Crippen LogP contribution in [0.15, 0.2) is 82.7 Å². The molecular weight excluding hydrogens is 598 g/mol. The van der Waals surface area contributed by atoms with Gasteiger partial charge in [0.1, 0.15) is 22.8 Å². The zero-order valence-electron chi connectivity index (χ0n) is 22.8. The third-order valence-electron chi connectivity index (χ3n) is 6.63. The number of methoxy groups -OCH3 is 2. The highest BCUT2D eigenvalue weighted by Gasteiger charge is 2.30. The molecule has 0 unspecified atom stereocenters. The maximum Gasteiger partial charge on any atom is 0.341 e. The molecule has 0 spiro atoms. The number of hydrogen-bond acceptors (Lipinski definition) is 9. The number of benzene rings is 2. The van der Waals surface area contributed by atoms with Gasteiger partial charge in [-0.05, 0) is 66.2 Å². The van der Waals surface area contributed by atoms with Gasteiger partial charge < -0.3 is 24.8 Å². The summed E-state index contributed by atoms with van der Waals surface area (Å²) in [5, 5.41) is 0.769. The van der Waals surface area contributed by atoms with Crippen molar-refractivity contribution in [2.75, 3.05) is 20.0 Å². The van der Waals surface area contributed by atoms with Gasteiger partial charge in [-0.2, -0.15) is 0 Å². The third-order valence-corrected chi connectivity index (χ3v) is 8.19. The Morgan fingerprint density at radius 3 is 2.58 bits per heavy atom. The first-order valence-corrected chi connectivity index (χ1v) is 14.4. The first-order valence-electron chi connectivity index (χ1n) is 12.6. The summed E-state index contributed by atoms with van der Waals surface area (Å²) in [5.41, 5.74) is 6.52. The minimum absolute atomic E-state index is 0.0629. The van der Waals surface area contributed by atoms with Crippen LogP contribution in [0.1, 0.15) is 26.4 Å². The van der Waals surface area contributed by atoms with E-state index >= 15 is 0 Å². The van der Waals surface area contributed by atoms with Crippen LogP contribution < -0.4 is 20.8 Å². The van der Waals surface area contributed by atoms with E-state index in [2.05, 4.69) is 14.7 Å². The number of ether oxygens (including phenoxy) is 2. The molecule has 0 radical (unpaired) electrons. The number of hydrogen-bond donors (Lipinski definition) is 3. The summed E-state index contributed by atoms with van der Waals surface area (Å²) >= 11 is 6.34. The van der Waals surface area contributed by atoms with Crippen molar-refractivity contribution in [3.63, 3.8) is 0 Å². The van der Waals surface area contributed by atoms with Crippen LogP contribution in [0.3, 0.4) is 0 Å². The first kappa shape index (κ1) is 29.4. The summed E-state index contributed by atoms with van der Waals surface area (Å²) in [6, 6.07) is 14.8. The van der Waals surface area contributed by atoms with Crippen molar-refractivity contribution in [1.82, 2.24) is 19.3 Å². The Morgan fingerprint density at radius 2 is 1.88 bits per heavy atom. The zero-order valence-corrected chi connectivity index (χ0v) is 24.3. The van der Waals surface area contributed by atoms with Crippen molar-refractivity contribution in [3.05, 3.63) is 105 Å². The first-order chi connectivity index (χ1) is 20.5. The highest BCUT2D eigenvalue weighted by Crippen LogP contribution is 2.36. The van der Waals surface area contributed by atoms with Gasteiger partial charge in [-0.25, -0.2) is 22.9 Å². The van der Waals surface area contributed by atoms with Gasteiger partial charge in [0.05, 0.1) is 19.1 Å². The van der Waals surface area contributed by atoms with Crippen LogP contribution in [-0.4, -0.2) is 49.0 Å². The molecule has 0 fully saturated rings. The number of aromatic amines is 1. The van der Waals surface area contributed by atoms with Gasteiger partial charge in [0.15, 0.2) is 0 Å². The molecule has 5 rings (SSSR count). The molecule has 0 aliphatic heterocycles. The molecule has 5 aromatic rings. The number of aromatic nitrogens is 3. The molecule has 1 amide bonds. The maximum absolute atomic E-state index is 14.1. The molecule has 43 heavy (non-hydrogen) atoms. The lowest BCUT2D eigenvalue weighted by Crippen LogP contribution is -2.33. The van der Waals surface area contributed by atoms with Crippen LogP contribution in [0.25, 0.3) is 22.0 Å². The molecule has 12 nitrogen and oxygen atoms in total. The topological polar surface area (TPSA) is 175 Å². The highest BCUT2D eigenvalue weighted by atomic mass is 35.5. The van der Waals surface area contributed by atoms with E-state index in [0.717, 1.165) is 13.2 Å². The van der Waals surface area contributed by atoms with E-state index in [4.69, 9.17) is 26.8 Å². The Kier molecular flexibility index (Phi) is 7.93. The van der Waals surface area contributed by atoms with Gasteiger partial charge in [0.25, 0.3) is 21.5 Å². The molecule has 0 bridgehead atoms. The summed E-state index contributed by atoms with van der Waals surface area (Å²) in [6.07, 6.45) is 2.94. The quantitative estimate of drug-likeness (QED) is 0.219. The van der Waals surface area contributed by atoms with Gasteiger partial charge in [-0.1, -0.05) is 11.6 Å². The smallest absolute Gasteiger partial charge is 0.341 e. The fourth-order valence-corrected chi connectivity index (χ4v) is 5.90. The van der Waals surface area contributed by atoms with Crippen molar-refractivity contribution in [2.24, 2.45) is 0 Å². The highest BCUT2D eigenvalue weighted by molar-refractivity contribution is 7.90. The molecule has 220 valence electrons. The van der Waals surface area contributed by atoms with Crippen LogP contribution in [0.5, 0.6) is 5.75 Å². The van der Waals surface area contributed by atoms with E-state index in [1.807, 2.05) is 0 Å². The average molecular weight is 622 g/mol. The number of amides is 1. The molecule has 0 atom stereocenters. The standard InChI is InChI=1S/C29H24ClN5O7S/c1-41-23-8-6-18(14-21(23)29(38)42-2)43(39,40)34-28(37)26-25(19-4-3-10-33-27(19)36)20-13-17(30)5-7-22(20)35(26)15-16-9-11-32-24(31)12-16/h3-14H,15H2,1-2H3,(H2,31,32)(H,33,36)(H,34,37). The maximum atomic E-state index is 14.1. The lowest BCUT2D eigenvalue weighted by molar-refractivity contribution is 0.0596. The molecule has 0 aliphatic rings. The predicted octanol–water partition coefficient (Wildman–Crippen LogP) is 3.59. The fraction of sp³-hybridized carbons (Fsp3) is 0.103. The largest absolute Gasteiger partial charge is 0.496 e. The molecule has 3 aromatic heterocycles. The second-order valence-electron chi connectivity index (χ2n) is 9.26. The van der Waals surface area contributed by atoms with E-state index in [1.165, 1.54) is 37.7 Å². The van der Waals surface area contributed by atoms with Crippen molar-refractivity contribution >= 4 is 50.2 Å². The summed E-state index contributed by atoms with van der Waals surface area (Å²) in [7, 11) is -2.12. The van der Waals surface area contributed by atoms with Crippen molar-refractivity contribution in [1.29, 1.82) is 0 Å². The van der Waals surface area contributed by atoms with E-state index in [1.54, 1.807) is 41.0 Å². The number of rotatable bonds is 8. The summed E-state index contributed by atoms with van der Waals surface area (Å²) < 4.78 is 40.6. The number of carbonyl (C=O) groups is 2. The zero-order chi connectivity index (χ0) is 30.9. The van der Waals surface area contributed by atoms with Crippen molar-refractivity contribution < 1.29 is 27.5 Å². The number of nitrogens with one attached hydrogen (secondary N) is 2. The number of pyridine rings is 2. The van der Waals surface area contributed by atoms with E-state index in [0.29, 0.717) is 21.5 Å². The Morgan fingerprint density at radius 1 is 1.09 bits per heavy atom. The Hall–Kier alpha value is -5.14. The second-order valence-corrected chi connectivity index (χ2v) is 11.4. The minimum atomic E-state index is -4.57. The molecular formula is C29H24ClN5O7S. The lowest BCUT2D eigenvalue weighted by Gasteiger charge is -2.14. The van der Waals surface area contributed by atoms with Gasteiger partial charge in [-0.3, -0.25) is 9.59 Å². The van der Waals surface area contributed by atoms with Crippen LogP contribution in [0.2, 0.25) is 5.02 Å². The van der Waals surface area contributed by atoms with E-state index in [-0.39, 0.29) is 40.5 Å². The molecule has 14 heteroatoms. The number of nitrogens with zero attached hydrogens (tertiary/aromatic N) is 2. The van der Waals surface area contributed by atoms with Crippen LogP contribution >= 0.6 is 11.6 Å².